The lowest BCUT2D eigenvalue weighted by atomic mass is 9.99. The largest absolute Gasteiger partial charge is 0.508 e. The molecule has 0 radical (unpaired) electrons. The normalized spacial score (nSPS) is 12.9. The van der Waals surface area contributed by atoms with E-state index < -0.39 is 5.91 Å². The molecule has 4 nitrogen and oxygen atoms in total. The maximum Gasteiger partial charge on any atom is 0.249 e. The smallest absolute Gasteiger partial charge is 0.249 e. The van der Waals surface area contributed by atoms with Gasteiger partial charge in [-0.1, -0.05) is 6.07 Å². The molecule has 2 aromatic carbocycles. The Hall–Kier alpha value is -2.62. The van der Waals surface area contributed by atoms with Crippen LogP contribution in [0.25, 0.3) is 0 Å². The molecule has 0 atom stereocenters. The Morgan fingerprint density at radius 2 is 1.89 bits per heavy atom. The lowest BCUT2D eigenvalue weighted by Gasteiger charge is -2.03. The van der Waals surface area contributed by atoms with Crippen molar-refractivity contribution in [3.05, 3.63) is 59.2 Å². The minimum absolute atomic E-state index is 0.220. The van der Waals surface area contributed by atoms with Crippen LogP contribution in [0.2, 0.25) is 0 Å². The highest BCUT2D eigenvalue weighted by atomic mass is 16.3. The molecule has 19 heavy (non-hydrogen) atoms. The van der Waals surface area contributed by atoms with E-state index in [9.17, 15) is 9.90 Å². The van der Waals surface area contributed by atoms with Crippen LogP contribution in [0, 0.1) is 0 Å². The third kappa shape index (κ3) is 1.97. The van der Waals surface area contributed by atoms with Gasteiger partial charge >= 0.3 is 0 Å². The Morgan fingerprint density at radius 3 is 2.58 bits per heavy atom. The number of nitrogens with zero attached hydrogens (tertiary/aromatic N) is 1. The van der Waals surface area contributed by atoms with Crippen molar-refractivity contribution in [2.45, 2.75) is 6.42 Å². The SMILES string of the molecule is NC(=O)c1cccc2c1CC(c1ccc(O)cc1)=N2. The Morgan fingerprint density at radius 1 is 1.16 bits per heavy atom. The first kappa shape index (κ1) is 11.5. The van der Waals surface area contributed by atoms with Crippen molar-refractivity contribution >= 4 is 17.3 Å². The van der Waals surface area contributed by atoms with Crippen molar-refractivity contribution in [2.75, 3.05) is 0 Å². The molecule has 0 saturated carbocycles. The molecule has 0 aromatic heterocycles. The van der Waals surface area contributed by atoms with Crippen LogP contribution in [0.15, 0.2) is 47.5 Å². The second-order valence-electron chi connectivity index (χ2n) is 4.45. The summed E-state index contributed by atoms with van der Waals surface area (Å²) in [6, 6.07) is 12.2. The molecule has 0 saturated heterocycles. The predicted octanol–water partition coefficient (Wildman–Crippen LogP) is 2.17. The van der Waals surface area contributed by atoms with Gasteiger partial charge in [-0.05, 0) is 47.5 Å². The molecule has 0 fully saturated rings. The van der Waals surface area contributed by atoms with E-state index in [1.54, 1.807) is 24.3 Å². The van der Waals surface area contributed by atoms with Gasteiger partial charge in [0.05, 0.1) is 11.4 Å². The molecule has 0 unspecified atom stereocenters. The number of amides is 1. The summed E-state index contributed by atoms with van der Waals surface area (Å²) < 4.78 is 0. The third-order valence-electron chi connectivity index (χ3n) is 3.22. The summed E-state index contributed by atoms with van der Waals surface area (Å²) in [5, 5.41) is 9.29. The lowest BCUT2D eigenvalue weighted by molar-refractivity contribution is 0.0999. The van der Waals surface area contributed by atoms with Gasteiger partial charge in [-0.15, -0.1) is 0 Å². The second-order valence-corrected chi connectivity index (χ2v) is 4.45. The lowest BCUT2D eigenvalue weighted by Crippen LogP contribution is -2.14. The first-order valence-corrected chi connectivity index (χ1v) is 5.94. The van der Waals surface area contributed by atoms with E-state index in [1.807, 2.05) is 18.2 Å². The summed E-state index contributed by atoms with van der Waals surface area (Å²) in [6.07, 6.45) is 0.583. The van der Waals surface area contributed by atoms with Crippen LogP contribution in [0.4, 0.5) is 5.69 Å². The Balaban J connectivity index is 2.01. The number of hydrogen-bond donors (Lipinski definition) is 2. The number of phenolic OH excluding ortho intramolecular Hbond substituents is 1. The molecule has 1 aliphatic rings. The van der Waals surface area contributed by atoms with Crippen LogP contribution in [-0.2, 0) is 6.42 Å². The number of phenols is 1. The van der Waals surface area contributed by atoms with Gasteiger partial charge in [0.2, 0.25) is 5.91 Å². The molecular weight excluding hydrogens is 240 g/mol. The van der Waals surface area contributed by atoms with E-state index >= 15 is 0 Å². The number of aliphatic imine (C=N–C) groups is 1. The average molecular weight is 252 g/mol. The highest BCUT2D eigenvalue weighted by Crippen LogP contribution is 2.31. The van der Waals surface area contributed by atoms with Crippen molar-refractivity contribution in [2.24, 2.45) is 10.7 Å². The minimum atomic E-state index is -0.431. The van der Waals surface area contributed by atoms with Crippen LogP contribution in [0.5, 0.6) is 5.75 Å². The summed E-state index contributed by atoms with van der Waals surface area (Å²) in [5.74, 6) is -0.211. The van der Waals surface area contributed by atoms with E-state index in [2.05, 4.69) is 4.99 Å². The molecule has 3 rings (SSSR count). The highest BCUT2D eigenvalue weighted by Gasteiger charge is 2.20. The van der Waals surface area contributed by atoms with E-state index in [0.717, 1.165) is 22.5 Å². The number of fused-ring (bicyclic) bond motifs is 1. The number of primary amides is 1. The van der Waals surface area contributed by atoms with Gasteiger partial charge in [0.15, 0.2) is 0 Å². The van der Waals surface area contributed by atoms with Crippen LogP contribution < -0.4 is 5.73 Å². The number of nitrogens with two attached hydrogens (primary N) is 1. The molecule has 1 aliphatic heterocycles. The number of rotatable bonds is 2. The van der Waals surface area contributed by atoms with E-state index in [-0.39, 0.29) is 5.75 Å². The molecule has 1 heterocycles. The summed E-state index contributed by atoms with van der Waals surface area (Å²) in [7, 11) is 0. The zero-order chi connectivity index (χ0) is 13.4. The van der Waals surface area contributed by atoms with Crippen molar-refractivity contribution < 1.29 is 9.90 Å². The van der Waals surface area contributed by atoms with Gasteiger partial charge in [-0.25, -0.2) is 0 Å². The second kappa shape index (κ2) is 4.24. The van der Waals surface area contributed by atoms with Crippen LogP contribution in [-0.4, -0.2) is 16.7 Å². The van der Waals surface area contributed by atoms with Crippen molar-refractivity contribution in [3.63, 3.8) is 0 Å². The zero-order valence-corrected chi connectivity index (χ0v) is 10.1. The van der Waals surface area contributed by atoms with Gasteiger partial charge < -0.3 is 10.8 Å². The Kier molecular flexibility index (Phi) is 2.56. The summed E-state index contributed by atoms with van der Waals surface area (Å²) in [6.45, 7) is 0. The summed E-state index contributed by atoms with van der Waals surface area (Å²) in [4.78, 5) is 15.9. The molecule has 4 heteroatoms. The zero-order valence-electron chi connectivity index (χ0n) is 10.1. The summed E-state index contributed by atoms with van der Waals surface area (Å²) >= 11 is 0. The third-order valence-corrected chi connectivity index (χ3v) is 3.22. The number of carbonyl (C=O) groups excluding carboxylic acids is 1. The summed E-state index contributed by atoms with van der Waals surface area (Å²) in [5.41, 5.74) is 9.37. The van der Waals surface area contributed by atoms with Crippen molar-refractivity contribution in [1.82, 2.24) is 0 Å². The Bertz CT molecular complexity index is 688. The van der Waals surface area contributed by atoms with Gasteiger partial charge in [0.25, 0.3) is 0 Å². The van der Waals surface area contributed by atoms with Crippen molar-refractivity contribution in [3.8, 4) is 5.75 Å². The van der Waals surface area contributed by atoms with Gasteiger partial charge in [0, 0.05) is 12.0 Å². The molecule has 0 aliphatic carbocycles. The van der Waals surface area contributed by atoms with Crippen LogP contribution >= 0.6 is 0 Å². The van der Waals surface area contributed by atoms with Crippen molar-refractivity contribution in [1.29, 1.82) is 0 Å². The maximum atomic E-state index is 11.4. The number of carbonyl (C=O) groups is 1. The maximum absolute atomic E-state index is 11.4. The minimum Gasteiger partial charge on any atom is -0.508 e. The quantitative estimate of drug-likeness (QED) is 0.859. The monoisotopic (exact) mass is 252 g/mol. The molecule has 2 aromatic rings. The number of hydrogen-bond acceptors (Lipinski definition) is 3. The molecule has 1 amide bonds. The van der Waals surface area contributed by atoms with Crippen LogP contribution in [0.1, 0.15) is 21.5 Å². The average Bonchev–Trinajstić information content (AvgIpc) is 2.82. The fourth-order valence-electron chi connectivity index (χ4n) is 2.27. The van der Waals surface area contributed by atoms with Gasteiger partial charge in [0.1, 0.15) is 5.75 Å². The van der Waals surface area contributed by atoms with Gasteiger partial charge in [-0.2, -0.15) is 0 Å². The first-order chi connectivity index (χ1) is 9.15. The number of aromatic hydroxyl groups is 1. The molecule has 94 valence electrons. The standard InChI is InChI=1S/C15H12N2O2/c16-15(19)11-2-1-3-13-12(11)8-14(17-13)9-4-6-10(18)7-5-9/h1-7,18H,8H2,(H2,16,19). The van der Waals surface area contributed by atoms with Crippen LogP contribution in [0.3, 0.4) is 0 Å². The molecule has 0 spiro atoms. The van der Waals surface area contributed by atoms with E-state index in [1.165, 1.54) is 0 Å². The number of benzene rings is 2. The topological polar surface area (TPSA) is 75.7 Å². The molecule has 3 N–H and O–H groups in total. The highest BCUT2D eigenvalue weighted by molar-refractivity contribution is 6.09. The van der Waals surface area contributed by atoms with E-state index in [4.69, 9.17) is 5.73 Å². The first-order valence-electron chi connectivity index (χ1n) is 5.94. The fraction of sp³-hybridized carbons (Fsp3) is 0.0667. The Labute approximate surface area is 110 Å². The predicted molar refractivity (Wildman–Crippen MR) is 73.0 cm³/mol. The molecule has 0 bridgehead atoms. The van der Waals surface area contributed by atoms with E-state index in [0.29, 0.717) is 12.0 Å². The fourth-order valence-corrected chi connectivity index (χ4v) is 2.27. The van der Waals surface area contributed by atoms with Gasteiger partial charge in [-0.3, -0.25) is 9.79 Å². The molecular formula is C15H12N2O2.